The number of allylic oxidation sites excluding steroid dienone is 1. The van der Waals surface area contributed by atoms with Crippen LogP contribution in [0.5, 0.6) is 0 Å². The van der Waals surface area contributed by atoms with Crippen LogP contribution in [-0.2, 0) is 4.74 Å². The van der Waals surface area contributed by atoms with Gasteiger partial charge in [0.2, 0.25) is 0 Å². The number of methoxy groups -OCH3 is 1. The number of ether oxygens (including phenoxy) is 1. The Hall–Kier alpha value is -1.51. The first-order valence-electron chi connectivity index (χ1n) is 6.38. The highest BCUT2D eigenvalue weighted by Gasteiger charge is 2.04. The summed E-state index contributed by atoms with van der Waals surface area (Å²) in [4.78, 5) is 11.0. The van der Waals surface area contributed by atoms with Crippen molar-refractivity contribution in [2.24, 2.45) is 0 Å². The standard InChI is InChI=1S/C11H14O3.2C2H6/c1-7-5-11(12)14-9(3)10(7)6-8(2)13-4;2*1-2/h5-6H,1-4H3;2*1-2H3/b8-6+;;. The summed E-state index contributed by atoms with van der Waals surface area (Å²) in [6.45, 7) is 13.5. The average molecular weight is 254 g/mol. The van der Waals surface area contributed by atoms with E-state index in [2.05, 4.69) is 0 Å². The van der Waals surface area contributed by atoms with Gasteiger partial charge in [0, 0.05) is 11.6 Å². The highest BCUT2D eigenvalue weighted by molar-refractivity contribution is 5.55. The zero-order chi connectivity index (χ0) is 14.7. The van der Waals surface area contributed by atoms with Gasteiger partial charge in [-0.25, -0.2) is 4.79 Å². The van der Waals surface area contributed by atoms with Gasteiger partial charge in [-0.3, -0.25) is 0 Å². The lowest BCUT2D eigenvalue weighted by atomic mass is 10.1. The maximum atomic E-state index is 11.0. The van der Waals surface area contributed by atoms with Gasteiger partial charge in [-0.1, -0.05) is 27.7 Å². The van der Waals surface area contributed by atoms with Crippen LogP contribution in [-0.4, -0.2) is 7.11 Å². The molecule has 0 amide bonds. The average Bonchev–Trinajstić information content (AvgIpc) is 2.38. The van der Waals surface area contributed by atoms with Crippen LogP contribution in [0.25, 0.3) is 6.08 Å². The van der Waals surface area contributed by atoms with Gasteiger partial charge in [0.15, 0.2) is 0 Å². The molecule has 0 spiro atoms. The molecule has 0 unspecified atom stereocenters. The Kier molecular flexibility index (Phi) is 11.1. The molecule has 1 heterocycles. The molecule has 0 fully saturated rings. The molecule has 0 aromatic carbocycles. The minimum Gasteiger partial charge on any atom is -0.501 e. The van der Waals surface area contributed by atoms with Gasteiger partial charge in [0.25, 0.3) is 0 Å². The van der Waals surface area contributed by atoms with Crippen LogP contribution in [0, 0.1) is 13.8 Å². The van der Waals surface area contributed by atoms with Gasteiger partial charge in [-0.15, -0.1) is 0 Å². The second kappa shape index (κ2) is 10.6. The van der Waals surface area contributed by atoms with Crippen molar-refractivity contribution in [1.82, 2.24) is 0 Å². The molecule has 0 aliphatic rings. The quantitative estimate of drug-likeness (QED) is 0.738. The molecule has 1 aromatic rings. The molecular formula is C15H26O3. The smallest absolute Gasteiger partial charge is 0.336 e. The molecule has 0 bridgehead atoms. The normalized spacial score (nSPS) is 9.67. The second-order valence-electron chi connectivity index (χ2n) is 3.18. The van der Waals surface area contributed by atoms with E-state index in [1.54, 1.807) is 14.0 Å². The number of hydrogen-bond acceptors (Lipinski definition) is 3. The van der Waals surface area contributed by atoms with Crippen LogP contribution >= 0.6 is 0 Å². The highest BCUT2D eigenvalue weighted by Crippen LogP contribution is 2.15. The van der Waals surface area contributed by atoms with Crippen molar-refractivity contribution in [3.8, 4) is 0 Å². The van der Waals surface area contributed by atoms with Crippen molar-refractivity contribution in [1.29, 1.82) is 0 Å². The van der Waals surface area contributed by atoms with Gasteiger partial charge in [0.1, 0.15) is 5.76 Å². The van der Waals surface area contributed by atoms with Gasteiger partial charge < -0.3 is 9.15 Å². The lowest BCUT2D eigenvalue weighted by molar-refractivity contribution is 0.297. The summed E-state index contributed by atoms with van der Waals surface area (Å²) in [5.41, 5.74) is 1.49. The highest BCUT2D eigenvalue weighted by atomic mass is 16.5. The van der Waals surface area contributed by atoms with Crippen LogP contribution in [0.15, 0.2) is 21.0 Å². The molecule has 0 aliphatic carbocycles. The van der Waals surface area contributed by atoms with Gasteiger partial charge in [-0.2, -0.15) is 0 Å². The third-order valence-electron chi connectivity index (χ3n) is 2.06. The minimum atomic E-state index is -0.313. The van der Waals surface area contributed by atoms with Crippen molar-refractivity contribution >= 4 is 6.08 Å². The molecule has 1 aromatic heterocycles. The van der Waals surface area contributed by atoms with E-state index in [4.69, 9.17) is 9.15 Å². The molecule has 0 radical (unpaired) electrons. The van der Waals surface area contributed by atoms with Crippen molar-refractivity contribution < 1.29 is 9.15 Å². The predicted molar refractivity (Wildman–Crippen MR) is 77.8 cm³/mol. The third kappa shape index (κ3) is 6.28. The first kappa shape index (κ1) is 18.8. The van der Waals surface area contributed by atoms with Gasteiger partial charge in [0.05, 0.1) is 12.9 Å². The Labute approximate surface area is 110 Å². The van der Waals surface area contributed by atoms with E-state index in [0.29, 0.717) is 5.76 Å². The van der Waals surface area contributed by atoms with E-state index >= 15 is 0 Å². The van der Waals surface area contributed by atoms with Crippen molar-refractivity contribution in [2.45, 2.75) is 48.5 Å². The van der Waals surface area contributed by atoms with Gasteiger partial charge in [-0.05, 0) is 32.4 Å². The summed E-state index contributed by atoms with van der Waals surface area (Å²) in [6, 6.07) is 1.47. The summed E-state index contributed by atoms with van der Waals surface area (Å²) < 4.78 is 10.0. The number of hydrogen-bond donors (Lipinski definition) is 0. The van der Waals surface area contributed by atoms with Crippen LogP contribution in [0.4, 0.5) is 0 Å². The Morgan fingerprint density at radius 2 is 1.72 bits per heavy atom. The fraction of sp³-hybridized carbons (Fsp3) is 0.533. The first-order valence-corrected chi connectivity index (χ1v) is 6.38. The predicted octanol–water partition coefficient (Wildman–Crippen LogP) is 4.32. The molecule has 0 saturated carbocycles. The zero-order valence-electron chi connectivity index (χ0n) is 12.9. The fourth-order valence-corrected chi connectivity index (χ4v) is 1.25. The summed E-state index contributed by atoms with van der Waals surface area (Å²) >= 11 is 0. The van der Waals surface area contributed by atoms with Crippen LogP contribution in [0.1, 0.15) is 51.5 Å². The molecule has 3 heteroatoms. The molecule has 18 heavy (non-hydrogen) atoms. The Morgan fingerprint density at radius 1 is 1.22 bits per heavy atom. The van der Waals surface area contributed by atoms with E-state index in [0.717, 1.165) is 16.9 Å². The lowest BCUT2D eigenvalue weighted by Gasteiger charge is -2.04. The van der Waals surface area contributed by atoms with Crippen molar-refractivity contribution in [3.63, 3.8) is 0 Å². The maximum Gasteiger partial charge on any atom is 0.336 e. The second-order valence-corrected chi connectivity index (χ2v) is 3.18. The fourth-order valence-electron chi connectivity index (χ4n) is 1.25. The summed E-state index contributed by atoms with van der Waals surface area (Å²) in [6.07, 6.45) is 1.85. The van der Waals surface area contributed by atoms with E-state index in [9.17, 15) is 4.79 Å². The zero-order valence-corrected chi connectivity index (χ0v) is 12.9. The molecule has 0 aliphatic heterocycles. The largest absolute Gasteiger partial charge is 0.501 e. The van der Waals surface area contributed by atoms with Crippen molar-refractivity contribution in [3.05, 3.63) is 39.1 Å². The number of aryl methyl sites for hydroxylation is 2. The Bertz CT molecular complexity index is 388. The van der Waals surface area contributed by atoms with Gasteiger partial charge >= 0.3 is 5.63 Å². The molecular weight excluding hydrogens is 228 g/mol. The lowest BCUT2D eigenvalue weighted by Crippen LogP contribution is -2.01. The summed E-state index contributed by atoms with van der Waals surface area (Å²) in [5, 5.41) is 0. The molecule has 3 nitrogen and oxygen atoms in total. The SMILES string of the molecule is CC.CC.CO/C(C)=C/c1c(C)cc(=O)oc1C. The molecule has 0 N–H and O–H groups in total. The monoisotopic (exact) mass is 254 g/mol. The first-order chi connectivity index (χ1) is 8.54. The molecule has 1 rings (SSSR count). The Balaban J connectivity index is 0. The summed E-state index contributed by atoms with van der Waals surface area (Å²) in [5.74, 6) is 1.40. The molecule has 0 saturated heterocycles. The van der Waals surface area contributed by atoms with E-state index in [1.807, 2.05) is 47.6 Å². The van der Waals surface area contributed by atoms with E-state index < -0.39 is 0 Å². The van der Waals surface area contributed by atoms with E-state index in [1.165, 1.54) is 6.07 Å². The minimum absolute atomic E-state index is 0.313. The van der Waals surface area contributed by atoms with Crippen LogP contribution in [0.2, 0.25) is 0 Å². The topological polar surface area (TPSA) is 39.4 Å². The Morgan fingerprint density at radius 3 is 2.11 bits per heavy atom. The third-order valence-corrected chi connectivity index (χ3v) is 2.06. The van der Waals surface area contributed by atoms with Crippen molar-refractivity contribution in [2.75, 3.05) is 7.11 Å². The maximum absolute atomic E-state index is 11.0. The summed E-state index contributed by atoms with van der Waals surface area (Å²) in [7, 11) is 1.61. The van der Waals surface area contributed by atoms with E-state index in [-0.39, 0.29) is 5.63 Å². The molecule has 104 valence electrons. The van der Waals surface area contributed by atoms with Crippen LogP contribution in [0.3, 0.4) is 0 Å². The molecule has 0 atom stereocenters. The number of rotatable bonds is 2. The van der Waals surface area contributed by atoms with Crippen LogP contribution < -0.4 is 5.63 Å².